The number of anilines is 2. The van der Waals surface area contributed by atoms with Crippen LogP contribution in [0.25, 0.3) is 0 Å². The number of ether oxygens (including phenoxy) is 1. The zero-order valence-electron chi connectivity index (χ0n) is 16.8. The van der Waals surface area contributed by atoms with E-state index in [2.05, 4.69) is 10.6 Å². The molecule has 0 aliphatic rings. The van der Waals surface area contributed by atoms with Crippen molar-refractivity contribution in [3.05, 3.63) is 89.5 Å². The molecule has 0 aliphatic carbocycles. The van der Waals surface area contributed by atoms with Gasteiger partial charge in [-0.3, -0.25) is 14.4 Å². The van der Waals surface area contributed by atoms with Gasteiger partial charge >= 0.3 is 0 Å². The Hall–Kier alpha value is -3.93. The average molecular weight is 402 g/mol. The molecular weight excluding hydrogens is 380 g/mol. The van der Waals surface area contributed by atoms with Crippen molar-refractivity contribution in [1.82, 2.24) is 0 Å². The number of carbonyl (C=O) groups excluding carboxylic acids is 3. The predicted octanol–water partition coefficient (Wildman–Crippen LogP) is 4.47. The quantitative estimate of drug-likeness (QED) is 0.571. The normalized spacial score (nSPS) is 10.2. The molecule has 0 atom stereocenters. The summed E-state index contributed by atoms with van der Waals surface area (Å²) in [5.41, 5.74) is 2.93. The molecule has 2 N–H and O–H groups in total. The highest BCUT2D eigenvalue weighted by atomic mass is 16.5. The lowest BCUT2D eigenvalue weighted by atomic mass is 10.1. The lowest BCUT2D eigenvalue weighted by Crippen LogP contribution is -2.22. The van der Waals surface area contributed by atoms with Crippen molar-refractivity contribution in [2.45, 2.75) is 13.8 Å². The summed E-state index contributed by atoms with van der Waals surface area (Å²) in [4.78, 5) is 36.5. The van der Waals surface area contributed by atoms with Gasteiger partial charge in [-0.25, -0.2) is 0 Å². The maximum atomic E-state index is 12.7. The number of amides is 2. The van der Waals surface area contributed by atoms with Crippen molar-refractivity contribution in [3.8, 4) is 5.75 Å². The number of hydrogen-bond acceptors (Lipinski definition) is 4. The molecule has 3 rings (SSSR count). The maximum Gasteiger partial charge on any atom is 0.262 e. The van der Waals surface area contributed by atoms with Gasteiger partial charge in [0.25, 0.3) is 11.8 Å². The van der Waals surface area contributed by atoms with Gasteiger partial charge in [-0.2, -0.15) is 0 Å². The van der Waals surface area contributed by atoms with Crippen LogP contribution in [0.3, 0.4) is 0 Å². The van der Waals surface area contributed by atoms with Crippen LogP contribution in [0, 0.1) is 6.92 Å². The minimum atomic E-state index is -0.418. The van der Waals surface area contributed by atoms with Gasteiger partial charge in [0.2, 0.25) is 0 Å². The minimum absolute atomic E-state index is 0.0848. The summed E-state index contributed by atoms with van der Waals surface area (Å²) in [6.45, 7) is 3.15. The lowest BCUT2D eigenvalue weighted by Gasteiger charge is -2.12. The highest BCUT2D eigenvalue weighted by molar-refractivity contribution is 6.10. The van der Waals surface area contributed by atoms with Crippen molar-refractivity contribution in [3.63, 3.8) is 0 Å². The summed E-state index contributed by atoms with van der Waals surface area (Å²) < 4.78 is 5.48. The van der Waals surface area contributed by atoms with E-state index in [1.165, 1.54) is 6.92 Å². The fourth-order valence-electron chi connectivity index (χ4n) is 2.85. The van der Waals surface area contributed by atoms with Crippen LogP contribution in [0.1, 0.15) is 33.2 Å². The van der Waals surface area contributed by atoms with Crippen LogP contribution < -0.4 is 15.4 Å². The highest BCUT2D eigenvalue weighted by Gasteiger charge is 2.14. The third-order valence-electron chi connectivity index (χ3n) is 4.33. The second-order valence-electron chi connectivity index (χ2n) is 6.79. The Labute approximate surface area is 174 Å². The molecule has 0 saturated heterocycles. The standard InChI is InChI=1S/C24H22N2O4/c1-16-7-5-9-19(13-16)25-24(29)21-11-3-4-12-22(21)26-23(28)15-30-20-10-6-8-18(14-20)17(2)27/h3-14H,15H2,1-2H3,(H,25,29)(H,26,28). The Kier molecular flexibility index (Phi) is 6.60. The molecule has 0 radical (unpaired) electrons. The molecule has 0 aromatic heterocycles. The Bertz CT molecular complexity index is 1090. The first-order valence-corrected chi connectivity index (χ1v) is 9.43. The summed E-state index contributed by atoms with van der Waals surface area (Å²) in [5.74, 6) is -0.410. The zero-order valence-corrected chi connectivity index (χ0v) is 16.8. The van der Waals surface area contributed by atoms with Crippen molar-refractivity contribution in [1.29, 1.82) is 0 Å². The molecule has 0 saturated carbocycles. The van der Waals surface area contributed by atoms with Gasteiger partial charge in [0.15, 0.2) is 12.4 Å². The summed E-state index contributed by atoms with van der Waals surface area (Å²) in [6.07, 6.45) is 0. The van der Waals surface area contributed by atoms with E-state index < -0.39 is 5.91 Å². The SMILES string of the molecule is CC(=O)c1cccc(OCC(=O)Nc2ccccc2C(=O)Nc2cccc(C)c2)c1. The van der Waals surface area contributed by atoms with E-state index in [9.17, 15) is 14.4 Å². The Morgan fingerprint density at radius 2 is 1.63 bits per heavy atom. The predicted molar refractivity (Wildman–Crippen MR) is 116 cm³/mol. The number of hydrogen-bond donors (Lipinski definition) is 2. The van der Waals surface area contributed by atoms with E-state index in [0.717, 1.165) is 5.56 Å². The molecule has 0 bridgehead atoms. The van der Waals surface area contributed by atoms with Crippen LogP contribution >= 0.6 is 0 Å². The fraction of sp³-hybridized carbons (Fsp3) is 0.125. The molecule has 30 heavy (non-hydrogen) atoms. The number of nitrogens with one attached hydrogen (secondary N) is 2. The molecule has 0 fully saturated rings. The molecule has 152 valence electrons. The number of Topliss-reactive ketones (excluding diaryl/α,β-unsaturated/α-hetero) is 1. The van der Waals surface area contributed by atoms with E-state index in [4.69, 9.17) is 4.74 Å². The molecule has 0 aliphatic heterocycles. The summed E-state index contributed by atoms with van der Waals surface area (Å²) in [6, 6.07) is 20.8. The van der Waals surface area contributed by atoms with E-state index in [0.29, 0.717) is 28.3 Å². The van der Waals surface area contributed by atoms with Crippen LogP contribution in [0.15, 0.2) is 72.8 Å². The van der Waals surface area contributed by atoms with Gasteiger partial charge in [0, 0.05) is 11.3 Å². The largest absolute Gasteiger partial charge is 0.484 e. The summed E-state index contributed by atoms with van der Waals surface area (Å²) in [5, 5.41) is 5.54. The van der Waals surface area contributed by atoms with Crippen molar-refractivity contribution < 1.29 is 19.1 Å². The van der Waals surface area contributed by atoms with Gasteiger partial charge in [0.05, 0.1) is 11.3 Å². The van der Waals surface area contributed by atoms with Crippen LogP contribution in [0.2, 0.25) is 0 Å². The fourth-order valence-corrected chi connectivity index (χ4v) is 2.85. The molecule has 6 heteroatoms. The van der Waals surface area contributed by atoms with Gasteiger partial charge in [-0.15, -0.1) is 0 Å². The van der Waals surface area contributed by atoms with E-state index in [-0.39, 0.29) is 18.3 Å². The van der Waals surface area contributed by atoms with E-state index in [1.807, 2.05) is 25.1 Å². The molecule has 0 spiro atoms. The zero-order chi connectivity index (χ0) is 21.5. The van der Waals surface area contributed by atoms with Gasteiger partial charge in [-0.05, 0) is 55.8 Å². The monoisotopic (exact) mass is 402 g/mol. The van der Waals surface area contributed by atoms with E-state index in [1.54, 1.807) is 54.6 Å². The van der Waals surface area contributed by atoms with Crippen LogP contribution in [-0.4, -0.2) is 24.2 Å². The third-order valence-corrected chi connectivity index (χ3v) is 4.33. The van der Waals surface area contributed by atoms with Crippen LogP contribution in [0.4, 0.5) is 11.4 Å². The number of aryl methyl sites for hydroxylation is 1. The number of rotatable bonds is 7. The van der Waals surface area contributed by atoms with Crippen LogP contribution in [0.5, 0.6) is 5.75 Å². The summed E-state index contributed by atoms with van der Waals surface area (Å²) >= 11 is 0. The second kappa shape index (κ2) is 9.52. The molecular formula is C24H22N2O4. The average Bonchev–Trinajstić information content (AvgIpc) is 2.73. The topological polar surface area (TPSA) is 84.5 Å². The molecule has 3 aromatic rings. The second-order valence-corrected chi connectivity index (χ2v) is 6.79. The van der Waals surface area contributed by atoms with Crippen molar-refractivity contribution >= 4 is 29.0 Å². The molecule has 0 heterocycles. The minimum Gasteiger partial charge on any atom is -0.484 e. The number of carbonyl (C=O) groups is 3. The number of benzene rings is 3. The van der Waals surface area contributed by atoms with Crippen molar-refractivity contribution in [2.75, 3.05) is 17.2 Å². The smallest absolute Gasteiger partial charge is 0.262 e. The Morgan fingerprint density at radius 1 is 0.867 bits per heavy atom. The van der Waals surface area contributed by atoms with Crippen LogP contribution in [-0.2, 0) is 4.79 Å². The van der Waals surface area contributed by atoms with Gasteiger partial charge in [-0.1, -0.05) is 36.4 Å². The third kappa shape index (κ3) is 5.54. The maximum absolute atomic E-state index is 12.7. The summed E-state index contributed by atoms with van der Waals surface area (Å²) in [7, 11) is 0. The number of para-hydroxylation sites is 1. The molecule has 3 aromatic carbocycles. The molecule has 0 unspecified atom stereocenters. The first-order valence-electron chi connectivity index (χ1n) is 9.43. The first-order chi connectivity index (χ1) is 14.4. The number of ketones is 1. The molecule has 2 amide bonds. The van der Waals surface area contributed by atoms with Gasteiger partial charge in [0.1, 0.15) is 5.75 Å². The van der Waals surface area contributed by atoms with E-state index >= 15 is 0 Å². The Balaban J connectivity index is 1.65. The highest BCUT2D eigenvalue weighted by Crippen LogP contribution is 2.19. The first kappa shape index (κ1) is 20.8. The van der Waals surface area contributed by atoms with Crippen molar-refractivity contribution in [2.24, 2.45) is 0 Å². The molecule has 6 nitrogen and oxygen atoms in total. The van der Waals surface area contributed by atoms with Gasteiger partial charge < -0.3 is 15.4 Å². The lowest BCUT2D eigenvalue weighted by molar-refractivity contribution is -0.118. The Morgan fingerprint density at radius 3 is 2.40 bits per heavy atom.